The van der Waals surface area contributed by atoms with Crippen LogP contribution in [0.25, 0.3) is 0 Å². The zero-order valence-electron chi connectivity index (χ0n) is 13.6. The number of benzene rings is 1. The SMILES string of the molecule is O=C(NCC1(O)CCC1)Nc1cc(F)c(N2CCCCC2)c(F)c1. The van der Waals surface area contributed by atoms with Crippen LogP contribution in [0.3, 0.4) is 0 Å². The molecule has 0 atom stereocenters. The third-order valence-electron chi connectivity index (χ3n) is 4.81. The highest BCUT2D eigenvalue weighted by Crippen LogP contribution is 2.31. The van der Waals surface area contributed by atoms with Crippen molar-refractivity contribution in [3.8, 4) is 0 Å². The second kappa shape index (κ2) is 6.93. The second-order valence-electron chi connectivity index (χ2n) is 6.72. The number of nitrogens with zero attached hydrogens (tertiary/aromatic N) is 1. The Labute approximate surface area is 140 Å². The van der Waals surface area contributed by atoms with Gasteiger partial charge in [0, 0.05) is 25.3 Å². The molecule has 0 bridgehead atoms. The first-order valence-electron chi connectivity index (χ1n) is 8.48. The molecule has 0 spiro atoms. The summed E-state index contributed by atoms with van der Waals surface area (Å²) in [6.45, 7) is 1.41. The maximum atomic E-state index is 14.3. The molecule has 3 rings (SSSR count). The molecule has 7 heteroatoms. The van der Waals surface area contributed by atoms with E-state index in [9.17, 15) is 18.7 Å². The van der Waals surface area contributed by atoms with Gasteiger partial charge in [-0.1, -0.05) is 0 Å². The lowest BCUT2D eigenvalue weighted by molar-refractivity contribution is -0.0287. The number of halogens is 2. The first kappa shape index (κ1) is 17.0. The summed E-state index contributed by atoms with van der Waals surface area (Å²) in [5, 5.41) is 14.9. The Morgan fingerprint density at radius 1 is 1.12 bits per heavy atom. The lowest BCUT2D eigenvalue weighted by Crippen LogP contribution is -2.48. The Hall–Kier alpha value is -1.89. The van der Waals surface area contributed by atoms with Crippen molar-refractivity contribution in [3.05, 3.63) is 23.8 Å². The van der Waals surface area contributed by atoms with Crippen LogP contribution in [0, 0.1) is 11.6 Å². The normalized spacial score (nSPS) is 19.5. The molecule has 0 radical (unpaired) electrons. The fourth-order valence-corrected chi connectivity index (χ4v) is 3.24. The van der Waals surface area contributed by atoms with E-state index >= 15 is 0 Å². The molecule has 0 aromatic heterocycles. The third-order valence-corrected chi connectivity index (χ3v) is 4.81. The smallest absolute Gasteiger partial charge is 0.319 e. The van der Waals surface area contributed by atoms with Crippen LogP contribution in [-0.4, -0.2) is 36.4 Å². The number of anilines is 2. The van der Waals surface area contributed by atoms with Gasteiger partial charge in [0.05, 0.1) is 5.60 Å². The van der Waals surface area contributed by atoms with Crippen molar-refractivity contribution in [1.82, 2.24) is 5.32 Å². The second-order valence-corrected chi connectivity index (χ2v) is 6.72. The van der Waals surface area contributed by atoms with Gasteiger partial charge in [0.25, 0.3) is 0 Å². The Morgan fingerprint density at radius 3 is 2.29 bits per heavy atom. The number of hydrogen-bond donors (Lipinski definition) is 3. The van der Waals surface area contributed by atoms with Crippen molar-refractivity contribution in [2.75, 3.05) is 29.9 Å². The average Bonchev–Trinajstić information content (AvgIpc) is 2.51. The van der Waals surface area contributed by atoms with Gasteiger partial charge in [-0.05, 0) is 50.7 Å². The maximum absolute atomic E-state index is 14.3. The molecular formula is C17H23F2N3O2. The molecule has 1 heterocycles. The lowest BCUT2D eigenvalue weighted by Gasteiger charge is -2.36. The van der Waals surface area contributed by atoms with E-state index in [1.165, 1.54) is 0 Å². The minimum Gasteiger partial charge on any atom is -0.388 e. The van der Waals surface area contributed by atoms with E-state index in [-0.39, 0.29) is 17.9 Å². The summed E-state index contributed by atoms with van der Waals surface area (Å²) >= 11 is 0. The molecular weight excluding hydrogens is 316 g/mol. The molecule has 132 valence electrons. The predicted octanol–water partition coefficient (Wildman–Crippen LogP) is 2.99. The van der Waals surface area contributed by atoms with Gasteiger partial charge < -0.3 is 20.6 Å². The molecule has 5 nitrogen and oxygen atoms in total. The standard InChI is InChI=1S/C17H23F2N3O2/c18-13-9-12(21-16(23)20-11-17(24)5-4-6-17)10-14(19)15(13)22-7-2-1-3-8-22/h9-10,24H,1-8,11H2,(H2,20,21,23). The molecule has 1 aromatic rings. The van der Waals surface area contributed by atoms with Gasteiger partial charge in [-0.15, -0.1) is 0 Å². The van der Waals surface area contributed by atoms with Gasteiger partial charge in [0.15, 0.2) is 11.6 Å². The van der Waals surface area contributed by atoms with Gasteiger partial charge >= 0.3 is 6.03 Å². The number of piperidine rings is 1. The number of rotatable bonds is 4. The molecule has 2 amide bonds. The predicted molar refractivity (Wildman–Crippen MR) is 88.2 cm³/mol. The number of carbonyl (C=O) groups is 1. The molecule has 24 heavy (non-hydrogen) atoms. The third kappa shape index (κ3) is 3.77. The average molecular weight is 339 g/mol. The van der Waals surface area contributed by atoms with Crippen LogP contribution in [0.5, 0.6) is 0 Å². The van der Waals surface area contributed by atoms with Crippen LogP contribution in [0.1, 0.15) is 38.5 Å². The minimum atomic E-state index is -0.841. The van der Waals surface area contributed by atoms with Gasteiger partial charge in [0.1, 0.15) is 5.69 Å². The molecule has 3 N–H and O–H groups in total. The van der Waals surface area contributed by atoms with Crippen LogP contribution < -0.4 is 15.5 Å². The van der Waals surface area contributed by atoms with Gasteiger partial charge in [-0.3, -0.25) is 0 Å². The van der Waals surface area contributed by atoms with Crippen molar-refractivity contribution in [2.45, 2.75) is 44.1 Å². The van der Waals surface area contributed by atoms with Crippen LogP contribution in [-0.2, 0) is 0 Å². The summed E-state index contributed by atoms with van der Waals surface area (Å²) in [6, 6.07) is 1.68. The van der Waals surface area contributed by atoms with Crippen LogP contribution in [0.15, 0.2) is 12.1 Å². The highest BCUT2D eigenvalue weighted by atomic mass is 19.1. The number of carbonyl (C=O) groups excluding carboxylic acids is 1. The minimum absolute atomic E-state index is 0.0237. The van der Waals surface area contributed by atoms with E-state index in [4.69, 9.17) is 0 Å². The summed E-state index contributed by atoms with van der Waals surface area (Å²) in [5.74, 6) is -1.35. The summed E-state index contributed by atoms with van der Waals surface area (Å²) in [4.78, 5) is 13.5. The van der Waals surface area contributed by atoms with E-state index in [2.05, 4.69) is 10.6 Å². The summed E-state index contributed by atoms with van der Waals surface area (Å²) in [6.07, 6.45) is 5.16. The van der Waals surface area contributed by atoms with Crippen molar-refractivity contribution in [2.24, 2.45) is 0 Å². The first-order valence-corrected chi connectivity index (χ1v) is 8.48. The molecule has 0 unspecified atom stereocenters. The zero-order valence-corrected chi connectivity index (χ0v) is 13.6. The Bertz CT molecular complexity index is 591. The molecule has 2 aliphatic rings. The topological polar surface area (TPSA) is 64.6 Å². The van der Waals surface area contributed by atoms with Gasteiger partial charge in [0.2, 0.25) is 0 Å². The molecule has 1 aromatic carbocycles. The number of hydrogen-bond acceptors (Lipinski definition) is 3. The van der Waals surface area contributed by atoms with Crippen LogP contribution >= 0.6 is 0 Å². The fourth-order valence-electron chi connectivity index (χ4n) is 3.24. The quantitative estimate of drug-likeness (QED) is 0.790. The highest BCUT2D eigenvalue weighted by molar-refractivity contribution is 5.89. The summed E-state index contributed by atoms with van der Waals surface area (Å²) < 4.78 is 28.6. The van der Waals surface area contributed by atoms with E-state index in [0.717, 1.165) is 37.8 Å². The van der Waals surface area contributed by atoms with E-state index < -0.39 is 23.3 Å². The van der Waals surface area contributed by atoms with Crippen molar-refractivity contribution < 1.29 is 18.7 Å². The first-order chi connectivity index (χ1) is 11.5. The molecule has 1 saturated heterocycles. The number of aliphatic hydroxyl groups is 1. The number of amides is 2. The fraction of sp³-hybridized carbons (Fsp3) is 0.588. The van der Waals surface area contributed by atoms with E-state index in [1.54, 1.807) is 4.90 Å². The monoisotopic (exact) mass is 339 g/mol. The van der Waals surface area contributed by atoms with E-state index in [1.807, 2.05) is 0 Å². The lowest BCUT2D eigenvalue weighted by atomic mass is 9.80. The number of nitrogens with one attached hydrogen (secondary N) is 2. The van der Waals surface area contributed by atoms with Gasteiger partial charge in [-0.25, -0.2) is 13.6 Å². The van der Waals surface area contributed by atoms with Crippen LogP contribution in [0.4, 0.5) is 25.0 Å². The van der Waals surface area contributed by atoms with E-state index in [0.29, 0.717) is 25.9 Å². The summed E-state index contributed by atoms with van der Waals surface area (Å²) in [5.41, 5.74) is -0.806. The number of urea groups is 1. The highest BCUT2D eigenvalue weighted by Gasteiger charge is 2.34. The Morgan fingerprint density at radius 2 is 1.75 bits per heavy atom. The molecule has 2 fully saturated rings. The Kier molecular flexibility index (Phi) is 4.89. The molecule has 1 saturated carbocycles. The molecule has 1 aliphatic carbocycles. The largest absolute Gasteiger partial charge is 0.388 e. The summed E-state index contributed by atoms with van der Waals surface area (Å²) in [7, 11) is 0. The van der Waals surface area contributed by atoms with Crippen molar-refractivity contribution in [3.63, 3.8) is 0 Å². The zero-order chi connectivity index (χ0) is 17.2. The Balaban J connectivity index is 1.62. The maximum Gasteiger partial charge on any atom is 0.319 e. The van der Waals surface area contributed by atoms with Crippen molar-refractivity contribution >= 4 is 17.4 Å². The molecule has 1 aliphatic heterocycles. The van der Waals surface area contributed by atoms with Gasteiger partial charge in [-0.2, -0.15) is 0 Å². The van der Waals surface area contributed by atoms with Crippen molar-refractivity contribution in [1.29, 1.82) is 0 Å². The van der Waals surface area contributed by atoms with Crippen LogP contribution in [0.2, 0.25) is 0 Å².